The van der Waals surface area contributed by atoms with Crippen molar-refractivity contribution >= 4 is 17.4 Å². The number of nitrogens with one attached hydrogen (secondary N) is 1. The maximum absolute atomic E-state index is 4.54. The molecular formula is C16H14N6S. The van der Waals surface area contributed by atoms with Gasteiger partial charge in [-0.2, -0.15) is 5.10 Å². The Balaban J connectivity index is 1.52. The summed E-state index contributed by atoms with van der Waals surface area (Å²) in [4.78, 5) is 8.73. The molecule has 0 spiro atoms. The van der Waals surface area contributed by atoms with Crippen molar-refractivity contribution in [3.8, 4) is 11.4 Å². The lowest BCUT2D eigenvalue weighted by Gasteiger charge is -2.01. The van der Waals surface area contributed by atoms with Crippen LogP contribution in [0.2, 0.25) is 0 Å². The highest BCUT2D eigenvalue weighted by Crippen LogP contribution is 2.22. The molecule has 3 heterocycles. The second kappa shape index (κ2) is 5.85. The van der Waals surface area contributed by atoms with E-state index in [4.69, 9.17) is 0 Å². The molecule has 4 aromatic rings. The van der Waals surface area contributed by atoms with Crippen LogP contribution in [0.4, 0.5) is 0 Å². The van der Waals surface area contributed by atoms with Crippen LogP contribution in [-0.4, -0.2) is 29.8 Å². The molecule has 0 amide bonds. The largest absolute Gasteiger partial charge is 0.258 e. The summed E-state index contributed by atoms with van der Waals surface area (Å²) < 4.78 is 1.83. The molecular weight excluding hydrogens is 308 g/mol. The summed E-state index contributed by atoms with van der Waals surface area (Å²) in [5, 5.41) is 12.2. The number of fused-ring (bicyclic) bond motifs is 1. The summed E-state index contributed by atoms with van der Waals surface area (Å²) in [6.07, 6.45) is 1.56. The zero-order chi connectivity index (χ0) is 15.6. The Morgan fingerprint density at radius 1 is 1.13 bits per heavy atom. The number of aryl methyl sites for hydroxylation is 1. The number of benzene rings is 1. The maximum Gasteiger partial charge on any atom is 0.209 e. The first-order valence-corrected chi connectivity index (χ1v) is 8.18. The highest BCUT2D eigenvalue weighted by Gasteiger charge is 2.08. The number of hydrogen-bond acceptors (Lipinski definition) is 5. The SMILES string of the molecule is Cc1ccc(-c2nc(SCc3cccc4ncnn34)n[nH]2)cc1. The zero-order valence-electron chi connectivity index (χ0n) is 12.5. The van der Waals surface area contributed by atoms with Crippen LogP contribution in [0.5, 0.6) is 0 Å². The molecule has 0 saturated heterocycles. The maximum atomic E-state index is 4.54. The number of pyridine rings is 1. The van der Waals surface area contributed by atoms with E-state index in [1.54, 1.807) is 18.1 Å². The minimum atomic E-state index is 0.720. The number of rotatable bonds is 4. The van der Waals surface area contributed by atoms with Gasteiger partial charge in [0.25, 0.3) is 0 Å². The predicted molar refractivity (Wildman–Crippen MR) is 89.1 cm³/mol. The minimum absolute atomic E-state index is 0.720. The van der Waals surface area contributed by atoms with Crippen LogP contribution >= 0.6 is 11.8 Å². The Hall–Kier alpha value is -2.67. The number of thioether (sulfide) groups is 1. The Morgan fingerprint density at radius 2 is 2.00 bits per heavy atom. The highest BCUT2D eigenvalue weighted by atomic mass is 32.2. The van der Waals surface area contributed by atoms with Crippen LogP contribution in [0.15, 0.2) is 53.9 Å². The fourth-order valence-corrected chi connectivity index (χ4v) is 3.06. The van der Waals surface area contributed by atoms with Gasteiger partial charge in [0.1, 0.15) is 6.33 Å². The van der Waals surface area contributed by atoms with E-state index >= 15 is 0 Å². The van der Waals surface area contributed by atoms with Crippen LogP contribution in [0.25, 0.3) is 17.0 Å². The molecule has 4 rings (SSSR count). The molecule has 0 fully saturated rings. The molecule has 7 heteroatoms. The number of aromatic amines is 1. The van der Waals surface area contributed by atoms with Crippen LogP contribution in [0.1, 0.15) is 11.3 Å². The van der Waals surface area contributed by atoms with Crippen LogP contribution in [-0.2, 0) is 5.75 Å². The lowest BCUT2D eigenvalue weighted by atomic mass is 10.1. The normalized spacial score (nSPS) is 11.2. The highest BCUT2D eigenvalue weighted by molar-refractivity contribution is 7.98. The number of H-pyrrole nitrogens is 1. The van der Waals surface area contributed by atoms with Gasteiger partial charge < -0.3 is 0 Å². The van der Waals surface area contributed by atoms with Crippen molar-refractivity contribution < 1.29 is 0 Å². The molecule has 3 aromatic heterocycles. The summed E-state index contributed by atoms with van der Waals surface area (Å²) in [7, 11) is 0. The van der Waals surface area contributed by atoms with Gasteiger partial charge in [0.2, 0.25) is 5.16 Å². The molecule has 6 nitrogen and oxygen atoms in total. The van der Waals surface area contributed by atoms with E-state index in [1.807, 2.05) is 34.8 Å². The third-order valence-electron chi connectivity index (χ3n) is 3.52. The Bertz CT molecular complexity index is 941. The van der Waals surface area contributed by atoms with Crippen molar-refractivity contribution in [3.05, 3.63) is 60.0 Å². The van der Waals surface area contributed by atoms with E-state index in [9.17, 15) is 0 Å². The number of nitrogens with zero attached hydrogens (tertiary/aromatic N) is 5. The first-order valence-electron chi connectivity index (χ1n) is 7.19. The predicted octanol–water partition coefficient (Wildman–Crippen LogP) is 3.12. The van der Waals surface area contributed by atoms with Gasteiger partial charge in [0.05, 0.1) is 5.69 Å². The molecule has 0 aliphatic rings. The van der Waals surface area contributed by atoms with E-state index in [0.717, 1.165) is 33.6 Å². The molecule has 0 radical (unpaired) electrons. The number of aromatic nitrogens is 6. The monoisotopic (exact) mass is 322 g/mol. The Kier molecular flexibility index (Phi) is 3.55. The summed E-state index contributed by atoms with van der Waals surface area (Å²) in [5.41, 5.74) is 4.17. The third-order valence-corrected chi connectivity index (χ3v) is 4.40. The smallest absolute Gasteiger partial charge is 0.209 e. The molecule has 0 unspecified atom stereocenters. The van der Waals surface area contributed by atoms with E-state index < -0.39 is 0 Å². The first kappa shape index (κ1) is 14.0. The first-order chi connectivity index (χ1) is 11.3. The minimum Gasteiger partial charge on any atom is -0.258 e. The summed E-state index contributed by atoms with van der Waals surface area (Å²) in [5.74, 6) is 1.51. The summed E-state index contributed by atoms with van der Waals surface area (Å²) >= 11 is 1.57. The topological polar surface area (TPSA) is 71.8 Å². The fraction of sp³-hybridized carbons (Fsp3) is 0.125. The molecule has 0 saturated carbocycles. The van der Waals surface area contributed by atoms with Crippen molar-refractivity contribution in [1.82, 2.24) is 29.8 Å². The lowest BCUT2D eigenvalue weighted by molar-refractivity contribution is 0.903. The lowest BCUT2D eigenvalue weighted by Crippen LogP contribution is -1.96. The third kappa shape index (κ3) is 2.83. The van der Waals surface area contributed by atoms with Gasteiger partial charge in [-0.1, -0.05) is 47.7 Å². The van der Waals surface area contributed by atoms with Crippen molar-refractivity contribution in [3.63, 3.8) is 0 Å². The Labute approximate surface area is 137 Å². The van der Waals surface area contributed by atoms with Gasteiger partial charge in [0.15, 0.2) is 11.5 Å². The Morgan fingerprint density at radius 3 is 2.87 bits per heavy atom. The van der Waals surface area contributed by atoms with Gasteiger partial charge in [-0.3, -0.25) is 5.10 Å². The average molecular weight is 322 g/mol. The fourth-order valence-electron chi connectivity index (χ4n) is 2.30. The molecule has 0 atom stereocenters. The van der Waals surface area contributed by atoms with Crippen LogP contribution in [0, 0.1) is 6.92 Å². The molecule has 0 aliphatic heterocycles. The molecule has 1 aromatic carbocycles. The van der Waals surface area contributed by atoms with Crippen molar-refractivity contribution in [2.24, 2.45) is 0 Å². The van der Waals surface area contributed by atoms with Gasteiger partial charge >= 0.3 is 0 Å². The van der Waals surface area contributed by atoms with Gasteiger partial charge in [-0.25, -0.2) is 14.5 Å². The van der Waals surface area contributed by atoms with Crippen molar-refractivity contribution in [1.29, 1.82) is 0 Å². The van der Waals surface area contributed by atoms with Crippen molar-refractivity contribution in [2.75, 3.05) is 0 Å². The van der Waals surface area contributed by atoms with Gasteiger partial charge in [-0.05, 0) is 19.1 Å². The zero-order valence-corrected chi connectivity index (χ0v) is 13.3. The van der Waals surface area contributed by atoms with Crippen LogP contribution in [0.3, 0.4) is 0 Å². The van der Waals surface area contributed by atoms with Gasteiger partial charge in [0, 0.05) is 11.3 Å². The van der Waals surface area contributed by atoms with Crippen LogP contribution < -0.4 is 0 Å². The van der Waals surface area contributed by atoms with E-state index in [0.29, 0.717) is 0 Å². The summed E-state index contributed by atoms with van der Waals surface area (Å²) in [6.45, 7) is 2.07. The standard InChI is InChI=1S/C16H14N6S/c1-11-5-7-12(8-6-11)15-19-16(21-20-15)23-9-13-3-2-4-14-17-10-18-22(13)14/h2-8,10H,9H2,1H3,(H,19,20,21). The molecule has 0 bridgehead atoms. The molecule has 23 heavy (non-hydrogen) atoms. The van der Waals surface area contributed by atoms with E-state index in [2.05, 4.69) is 44.3 Å². The molecule has 0 aliphatic carbocycles. The van der Waals surface area contributed by atoms with Gasteiger partial charge in [-0.15, -0.1) is 5.10 Å². The average Bonchev–Trinajstić information content (AvgIpc) is 3.23. The second-order valence-electron chi connectivity index (χ2n) is 5.17. The quantitative estimate of drug-likeness (QED) is 0.585. The summed E-state index contributed by atoms with van der Waals surface area (Å²) in [6, 6.07) is 14.2. The van der Waals surface area contributed by atoms with E-state index in [-0.39, 0.29) is 0 Å². The van der Waals surface area contributed by atoms with Crippen molar-refractivity contribution in [2.45, 2.75) is 17.8 Å². The second-order valence-corrected chi connectivity index (χ2v) is 6.11. The number of hydrogen-bond donors (Lipinski definition) is 1. The molecule has 114 valence electrons. The van der Waals surface area contributed by atoms with E-state index in [1.165, 1.54) is 5.56 Å². The molecule has 1 N–H and O–H groups in total.